The third-order valence-electron chi connectivity index (χ3n) is 12.7. The Labute approximate surface area is 355 Å². The number of nitrogens with zero attached hydrogens (tertiary/aromatic N) is 2. The molecule has 0 spiro atoms. The van der Waals surface area contributed by atoms with Crippen molar-refractivity contribution in [2.45, 2.75) is 5.41 Å². The molecule has 0 saturated carbocycles. The highest BCUT2D eigenvalue weighted by Gasteiger charge is 2.46. The average Bonchev–Trinajstić information content (AvgIpc) is 3.64. The smallest absolute Gasteiger partial charge is 0.160 e. The van der Waals surface area contributed by atoms with Crippen LogP contribution in [0.3, 0.4) is 0 Å². The Morgan fingerprint density at radius 3 is 1.59 bits per heavy atom. The second-order valence-corrected chi connectivity index (χ2v) is 16.1. The van der Waals surface area contributed by atoms with Crippen molar-refractivity contribution in [2.24, 2.45) is 0 Å². The Bertz CT molecular complexity index is 3410. The minimum Gasteiger partial charge on any atom is -0.228 e. The quantitative estimate of drug-likeness (QED) is 0.124. The molecular weight excluding hydrogens is 737 g/mol. The van der Waals surface area contributed by atoms with Gasteiger partial charge in [-0.3, -0.25) is 0 Å². The fourth-order valence-corrected chi connectivity index (χ4v) is 9.92. The minimum atomic E-state index is -0.452. The van der Waals surface area contributed by atoms with Gasteiger partial charge in [0.25, 0.3) is 0 Å². The van der Waals surface area contributed by atoms with Crippen LogP contribution in [0.25, 0.3) is 88.5 Å². The van der Waals surface area contributed by atoms with Crippen LogP contribution in [0.2, 0.25) is 0 Å². The molecule has 0 bridgehead atoms. The van der Waals surface area contributed by atoms with Crippen LogP contribution in [0.5, 0.6) is 0 Å². The Kier molecular flexibility index (Phi) is 8.11. The highest BCUT2D eigenvalue weighted by Crippen LogP contribution is 2.56. The van der Waals surface area contributed by atoms with Gasteiger partial charge in [-0.15, -0.1) is 0 Å². The summed E-state index contributed by atoms with van der Waals surface area (Å²) in [7, 11) is 0. The molecule has 2 nitrogen and oxygen atoms in total. The van der Waals surface area contributed by atoms with Gasteiger partial charge in [-0.25, -0.2) is 9.97 Å². The topological polar surface area (TPSA) is 25.8 Å². The molecule has 284 valence electrons. The van der Waals surface area contributed by atoms with Crippen LogP contribution >= 0.6 is 0 Å². The van der Waals surface area contributed by atoms with Crippen molar-refractivity contribution < 1.29 is 0 Å². The van der Waals surface area contributed by atoms with Crippen LogP contribution in [-0.4, -0.2) is 9.97 Å². The number of fused-ring (bicyclic) bond motifs is 7. The summed E-state index contributed by atoms with van der Waals surface area (Å²) in [4.78, 5) is 10.5. The van der Waals surface area contributed by atoms with Crippen molar-refractivity contribution >= 4 is 32.3 Å². The number of rotatable bonds is 6. The maximum absolute atomic E-state index is 5.27. The molecule has 0 N–H and O–H groups in total. The number of hydrogen-bond donors (Lipinski definition) is 0. The summed E-state index contributed by atoms with van der Waals surface area (Å²) in [6.07, 6.45) is 0. The van der Waals surface area contributed by atoms with Gasteiger partial charge in [0.2, 0.25) is 0 Å². The van der Waals surface area contributed by atoms with Crippen molar-refractivity contribution in [2.75, 3.05) is 0 Å². The van der Waals surface area contributed by atoms with Gasteiger partial charge in [-0.2, -0.15) is 0 Å². The zero-order valence-electron chi connectivity index (χ0n) is 33.3. The lowest BCUT2D eigenvalue weighted by Gasteiger charge is -2.33. The molecule has 1 aliphatic rings. The molecule has 0 amide bonds. The zero-order chi connectivity index (χ0) is 40.3. The Morgan fingerprint density at radius 1 is 0.279 bits per heavy atom. The molecule has 12 rings (SSSR count). The molecule has 2 heteroatoms. The van der Waals surface area contributed by atoms with Crippen LogP contribution in [0.1, 0.15) is 22.3 Å². The molecule has 1 aromatic heterocycles. The Balaban J connectivity index is 0.984. The molecule has 1 aliphatic carbocycles. The van der Waals surface area contributed by atoms with E-state index in [4.69, 9.17) is 9.97 Å². The van der Waals surface area contributed by atoms with Crippen molar-refractivity contribution in [3.05, 3.63) is 253 Å². The maximum atomic E-state index is 5.27. The second kappa shape index (κ2) is 14.1. The SMILES string of the molecule is c1ccc(-c2nc(-c3ccc(-c4cccc5c4ccc4cc6ccccc6cc45)cc3)cc(-c3ccc4c(c3)-c3ccccc3C4(c3ccccc3)c3ccccc3)n2)cc1. The molecule has 0 atom stereocenters. The minimum absolute atomic E-state index is 0.452. The fraction of sp³-hybridized carbons (Fsp3) is 0.0169. The van der Waals surface area contributed by atoms with Crippen LogP contribution in [0.4, 0.5) is 0 Å². The predicted octanol–water partition coefficient (Wildman–Crippen LogP) is 15.0. The summed E-state index contributed by atoms with van der Waals surface area (Å²) in [6.45, 7) is 0. The summed E-state index contributed by atoms with van der Waals surface area (Å²) in [5.41, 5.74) is 14.3. The molecule has 0 unspecified atom stereocenters. The van der Waals surface area contributed by atoms with Crippen LogP contribution in [0, 0.1) is 0 Å². The van der Waals surface area contributed by atoms with E-state index in [1.165, 1.54) is 76.8 Å². The molecule has 0 fully saturated rings. The molecule has 0 aliphatic heterocycles. The largest absolute Gasteiger partial charge is 0.228 e. The fourth-order valence-electron chi connectivity index (χ4n) is 9.92. The molecule has 11 aromatic rings. The van der Waals surface area contributed by atoms with E-state index in [9.17, 15) is 0 Å². The first-order chi connectivity index (χ1) is 30.2. The molecule has 0 radical (unpaired) electrons. The molecule has 61 heavy (non-hydrogen) atoms. The van der Waals surface area contributed by atoms with E-state index >= 15 is 0 Å². The molecule has 1 heterocycles. The Hall–Kier alpha value is -7.94. The van der Waals surface area contributed by atoms with Crippen LogP contribution in [0.15, 0.2) is 231 Å². The summed E-state index contributed by atoms with van der Waals surface area (Å²) in [6, 6.07) is 83.5. The average molecular weight is 775 g/mol. The van der Waals surface area contributed by atoms with Gasteiger partial charge >= 0.3 is 0 Å². The summed E-state index contributed by atoms with van der Waals surface area (Å²) >= 11 is 0. The number of benzene rings is 10. The van der Waals surface area contributed by atoms with Crippen molar-refractivity contribution in [3.8, 4) is 56.2 Å². The lowest BCUT2D eigenvalue weighted by molar-refractivity contribution is 0.768. The van der Waals surface area contributed by atoms with Gasteiger partial charge in [0, 0.05) is 16.7 Å². The standard InChI is InChI=1S/C59H38N2/c1-4-15-41(16-5-1)58-60-56(40-29-27-39(28-30-40)48-24-14-25-49-50(48)33-31-44-35-42-17-10-11-18-43(42)36-52(44)49)38-57(61-58)45-32-34-55-53(37-45)51-23-12-13-26-54(51)59(55,46-19-6-2-7-20-46)47-21-8-3-9-22-47/h1-38H. The summed E-state index contributed by atoms with van der Waals surface area (Å²) in [5.74, 6) is 0.703. The van der Waals surface area contributed by atoms with Gasteiger partial charge in [0.1, 0.15) is 0 Å². The van der Waals surface area contributed by atoms with E-state index < -0.39 is 5.41 Å². The van der Waals surface area contributed by atoms with Crippen LogP contribution < -0.4 is 0 Å². The molecule has 0 saturated heterocycles. The van der Waals surface area contributed by atoms with E-state index in [0.29, 0.717) is 5.82 Å². The lowest BCUT2D eigenvalue weighted by Crippen LogP contribution is -2.28. The molecular formula is C59H38N2. The van der Waals surface area contributed by atoms with Crippen LogP contribution in [-0.2, 0) is 5.41 Å². The van der Waals surface area contributed by atoms with Crippen molar-refractivity contribution in [3.63, 3.8) is 0 Å². The highest BCUT2D eigenvalue weighted by atomic mass is 14.9. The molecule has 10 aromatic carbocycles. The third kappa shape index (κ3) is 5.64. The van der Waals surface area contributed by atoms with Gasteiger partial charge in [0.15, 0.2) is 5.82 Å². The highest BCUT2D eigenvalue weighted by molar-refractivity contribution is 6.15. The second-order valence-electron chi connectivity index (χ2n) is 16.1. The van der Waals surface area contributed by atoms with Gasteiger partial charge < -0.3 is 0 Å². The van der Waals surface area contributed by atoms with E-state index in [2.05, 4.69) is 224 Å². The van der Waals surface area contributed by atoms with Crippen molar-refractivity contribution in [1.29, 1.82) is 0 Å². The number of aromatic nitrogens is 2. The summed E-state index contributed by atoms with van der Waals surface area (Å²) < 4.78 is 0. The lowest BCUT2D eigenvalue weighted by atomic mass is 9.67. The Morgan fingerprint density at radius 2 is 0.852 bits per heavy atom. The van der Waals surface area contributed by atoms with Crippen molar-refractivity contribution in [1.82, 2.24) is 9.97 Å². The van der Waals surface area contributed by atoms with E-state index in [-0.39, 0.29) is 0 Å². The maximum Gasteiger partial charge on any atom is 0.160 e. The zero-order valence-corrected chi connectivity index (χ0v) is 33.3. The third-order valence-corrected chi connectivity index (χ3v) is 12.7. The summed E-state index contributed by atoms with van der Waals surface area (Å²) in [5, 5.41) is 7.56. The van der Waals surface area contributed by atoms with E-state index in [0.717, 1.165) is 28.1 Å². The monoisotopic (exact) mass is 774 g/mol. The van der Waals surface area contributed by atoms with Gasteiger partial charge in [-0.05, 0) is 101 Å². The number of hydrogen-bond acceptors (Lipinski definition) is 2. The van der Waals surface area contributed by atoms with Gasteiger partial charge in [0.05, 0.1) is 16.8 Å². The first kappa shape index (κ1) is 35.0. The first-order valence-corrected chi connectivity index (χ1v) is 21.0. The first-order valence-electron chi connectivity index (χ1n) is 21.0. The van der Waals surface area contributed by atoms with Gasteiger partial charge in [-0.1, -0.05) is 206 Å². The van der Waals surface area contributed by atoms with E-state index in [1.807, 2.05) is 6.07 Å². The van der Waals surface area contributed by atoms with E-state index in [1.54, 1.807) is 0 Å². The predicted molar refractivity (Wildman–Crippen MR) is 254 cm³/mol. The normalized spacial score (nSPS) is 12.7.